The number of nitrogens with one attached hydrogen (secondary N) is 1. The lowest BCUT2D eigenvalue weighted by atomic mass is 10.1. The third-order valence-corrected chi connectivity index (χ3v) is 6.26. The fraction of sp³-hybridized carbons (Fsp3) is 0.400. The van der Waals surface area contributed by atoms with E-state index in [0.29, 0.717) is 6.42 Å². The van der Waals surface area contributed by atoms with E-state index in [1.807, 2.05) is 0 Å². The van der Waals surface area contributed by atoms with Gasteiger partial charge in [0.1, 0.15) is 12.1 Å². The zero-order chi connectivity index (χ0) is 20.4. The van der Waals surface area contributed by atoms with Gasteiger partial charge in [0, 0.05) is 16.6 Å². The van der Waals surface area contributed by atoms with E-state index in [4.69, 9.17) is 33.4 Å². The van der Waals surface area contributed by atoms with Crippen molar-refractivity contribution in [2.45, 2.75) is 36.2 Å². The third kappa shape index (κ3) is 5.10. The van der Waals surface area contributed by atoms with Crippen LogP contribution in [0.25, 0.3) is 0 Å². The van der Waals surface area contributed by atoms with Gasteiger partial charge in [0.2, 0.25) is 15.9 Å². The number of carbonyl (C=O) groups is 3. The van der Waals surface area contributed by atoms with Crippen LogP contribution in [0.5, 0.6) is 0 Å². The normalized spacial score (nSPS) is 18.8. The molecule has 27 heavy (non-hydrogen) atoms. The predicted octanol–water partition coefficient (Wildman–Crippen LogP) is 1.19. The Morgan fingerprint density at radius 1 is 1.19 bits per heavy atom. The smallest absolute Gasteiger partial charge is 0.326 e. The SMILES string of the molecule is O=C(O)C[C@H](NC(=O)[C@@H]1CCCN1S(=O)(=O)c1cc(Cl)cc(Cl)c1)C(=O)O. The number of sulfonamides is 1. The van der Waals surface area contributed by atoms with Gasteiger partial charge in [-0.15, -0.1) is 0 Å². The molecule has 1 aliphatic rings. The van der Waals surface area contributed by atoms with Crippen LogP contribution in [0.2, 0.25) is 10.0 Å². The van der Waals surface area contributed by atoms with E-state index in [1.165, 1.54) is 18.2 Å². The Bertz CT molecular complexity index is 855. The molecule has 0 spiro atoms. The molecule has 0 bridgehead atoms. The van der Waals surface area contributed by atoms with Crippen molar-refractivity contribution >= 4 is 51.1 Å². The molecule has 1 amide bonds. The van der Waals surface area contributed by atoms with Crippen molar-refractivity contribution in [1.82, 2.24) is 9.62 Å². The Morgan fingerprint density at radius 3 is 2.30 bits per heavy atom. The quantitative estimate of drug-likeness (QED) is 0.580. The number of carbonyl (C=O) groups excluding carboxylic acids is 1. The van der Waals surface area contributed by atoms with Crippen LogP contribution in [0.1, 0.15) is 19.3 Å². The van der Waals surface area contributed by atoms with Gasteiger partial charge < -0.3 is 15.5 Å². The van der Waals surface area contributed by atoms with Crippen LogP contribution in [0.4, 0.5) is 0 Å². The molecular weight excluding hydrogens is 423 g/mol. The third-order valence-electron chi connectivity index (χ3n) is 3.94. The van der Waals surface area contributed by atoms with Gasteiger partial charge in [0.15, 0.2) is 0 Å². The molecule has 0 saturated carbocycles. The molecule has 1 fully saturated rings. The van der Waals surface area contributed by atoms with Gasteiger partial charge in [-0.25, -0.2) is 13.2 Å². The molecular formula is C15H16Cl2N2O7S. The highest BCUT2D eigenvalue weighted by molar-refractivity contribution is 7.89. The first-order valence-corrected chi connectivity index (χ1v) is 9.95. The van der Waals surface area contributed by atoms with Gasteiger partial charge >= 0.3 is 11.9 Å². The van der Waals surface area contributed by atoms with Crippen LogP contribution >= 0.6 is 23.2 Å². The Hall–Kier alpha value is -1.88. The molecule has 9 nitrogen and oxygen atoms in total. The molecule has 1 aliphatic heterocycles. The number of amides is 1. The van der Waals surface area contributed by atoms with Crippen molar-refractivity contribution in [3.8, 4) is 0 Å². The van der Waals surface area contributed by atoms with Gasteiger partial charge in [0.25, 0.3) is 0 Å². The Labute approximate surface area is 164 Å². The van der Waals surface area contributed by atoms with Crippen molar-refractivity contribution in [2.24, 2.45) is 0 Å². The molecule has 148 valence electrons. The van der Waals surface area contributed by atoms with Gasteiger partial charge in [-0.05, 0) is 31.0 Å². The summed E-state index contributed by atoms with van der Waals surface area (Å²) in [5.74, 6) is -3.82. The molecule has 0 radical (unpaired) electrons. The summed E-state index contributed by atoms with van der Waals surface area (Å²) in [6, 6.07) is 0.921. The number of hydrogen-bond donors (Lipinski definition) is 3. The second kappa shape index (κ2) is 8.42. The van der Waals surface area contributed by atoms with Gasteiger partial charge in [-0.3, -0.25) is 9.59 Å². The number of carboxylic acids is 2. The maximum absolute atomic E-state index is 12.9. The van der Waals surface area contributed by atoms with Crippen LogP contribution in [-0.2, 0) is 24.4 Å². The summed E-state index contributed by atoms with van der Waals surface area (Å²) in [5.41, 5.74) is 0. The summed E-state index contributed by atoms with van der Waals surface area (Å²) >= 11 is 11.7. The van der Waals surface area contributed by atoms with Crippen LogP contribution in [0, 0.1) is 0 Å². The maximum Gasteiger partial charge on any atom is 0.326 e. The summed E-state index contributed by atoms with van der Waals surface area (Å²) in [5, 5.41) is 20.1. The summed E-state index contributed by atoms with van der Waals surface area (Å²) in [7, 11) is -4.12. The van der Waals surface area contributed by atoms with E-state index in [9.17, 15) is 22.8 Å². The molecule has 1 heterocycles. The maximum atomic E-state index is 12.9. The summed E-state index contributed by atoms with van der Waals surface area (Å²) in [6.45, 7) is 0.0429. The highest BCUT2D eigenvalue weighted by Crippen LogP contribution is 2.29. The van der Waals surface area contributed by atoms with Gasteiger partial charge in [-0.2, -0.15) is 4.31 Å². The van der Waals surface area contributed by atoms with E-state index in [0.717, 1.165) is 4.31 Å². The highest BCUT2D eigenvalue weighted by Gasteiger charge is 2.40. The van der Waals surface area contributed by atoms with Crippen molar-refractivity contribution in [1.29, 1.82) is 0 Å². The molecule has 0 aliphatic carbocycles. The van der Waals surface area contributed by atoms with Crippen LogP contribution in [0.15, 0.2) is 23.1 Å². The fourth-order valence-electron chi connectivity index (χ4n) is 2.75. The minimum Gasteiger partial charge on any atom is -0.481 e. The molecule has 12 heteroatoms. The second-order valence-electron chi connectivity index (χ2n) is 5.88. The minimum atomic E-state index is -4.12. The summed E-state index contributed by atoms with van der Waals surface area (Å²) in [6.07, 6.45) is -0.286. The summed E-state index contributed by atoms with van der Waals surface area (Å²) < 4.78 is 26.7. The Balaban J connectivity index is 2.26. The Kier molecular flexibility index (Phi) is 6.68. The lowest BCUT2D eigenvalue weighted by molar-refractivity contribution is -0.147. The molecule has 0 aromatic heterocycles. The number of carboxylic acid groups (broad SMARTS) is 2. The van der Waals surface area contributed by atoms with E-state index in [1.54, 1.807) is 0 Å². The van der Waals surface area contributed by atoms with Crippen LogP contribution in [-0.4, -0.2) is 59.4 Å². The van der Waals surface area contributed by atoms with E-state index < -0.39 is 46.4 Å². The molecule has 1 aromatic rings. The number of nitrogens with zero attached hydrogens (tertiary/aromatic N) is 1. The first-order valence-electron chi connectivity index (χ1n) is 7.75. The molecule has 1 aromatic carbocycles. The zero-order valence-electron chi connectivity index (χ0n) is 13.8. The lowest BCUT2D eigenvalue weighted by Crippen LogP contribution is -2.51. The number of aliphatic carboxylic acids is 2. The number of halogens is 2. The Morgan fingerprint density at radius 2 is 1.78 bits per heavy atom. The van der Waals surface area contributed by atoms with E-state index >= 15 is 0 Å². The van der Waals surface area contributed by atoms with Crippen molar-refractivity contribution in [3.63, 3.8) is 0 Å². The highest BCUT2D eigenvalue weighted by atomic mass is 35.5. The first-order chi connectivity index (χ1) is 12.5. The standard InChI is InChI=1S/C15H16Cl2N2O7S/c16-8-4-9(17)6-10(5-8)27(25,26)19-3-1-2-12(19)14(22)18-11(15(23)24)7-13(20)21/h4-6,11-12H,1-3,7H2,(H,18,22)(H,20,21)(H,23,24)/t11-,12-/m0/s1. The largest absolute Gasteiger partial charge is 0.481 e. The first kappa shape index (κ1) is 21.4. The van der Waals surface area contributed by atoms with Crippen molar-refractivity contribution in [2.75, 3.05) is 6.54 Å². The van der Waals surface area contributed by atoms with Crippen molar-refractivity contribution in [3.05, 3.63) is 28.2 Å². The fourth-order valence-corrected chi connectivity index (χ4v) is 5.13. The van der Waals surface area contributed by atoms with E-state index in [2.05, 4.69) is 5.32 Å². The number of hydrogen-bond acceptors (Lipinski definition) is 5. The van der Waals surface area contributed by atoms with E-state index in [-0.39, 0.29) is 27.9 Å². The molecule has 2 rings (SSSR count). The average molecular weight is 439 g/mol. The van der Waals surface area contributed by atoms with Crippen LogP contribution in [0.3, 0.4) is 0 Å². The average Bonchev–Trinajstić information content (AvgIpc) is 3.03. The second-order valence-corrected chi connectivity index (χ2v) is 8.64. The topological polar surface area (TPSA) is 141 Å². The monoisotopic (exact) mass is 438 g/mol. The van der Waals surface area contributed by atoms with Gasteiger partial charge in [0.05, 0.1) is 11.3 Å². The lowest BCUT2D eigenvalue weighted by Gasteiger charge is -2.24. The summed E-state index contributed by atoms with van der Waals surface area (Å²) in [4.78, 5) is 34.1. The minimum absolute atomic E-state index is 0.0429. The van der Waals surface area contributed by atoms with Crippen molar-refractivity contribution < 1.29 is 33.0 Å². The number of rotatable bonds is 7. The van der Waals surface area contributed by atoms with Crippen LogP contribution < -0.4 is 5.32 Å². The zero-order valence-corrected chi connectivity index (χ0v) is 16.1. The molecule has 3 N–H and O–H groups in total. The number of benzene rings is 1. The van der Waals surface area contributed by atoms with Gasteiger partial charge in [-0.1, -0.05) is 23.2 Å². The molecule has 1 saturated heterocycles. The predicted molar refractivity (Wildman–Crippen MR) is 95.2 cm³/mol. The molecule has 2 atom stereocenters. The molecule has 0 unspecified atom stereocenters.